The lowest BCUT2D eigenvalue weighted by Crippen LogP contribution is -2.57. The van der Waals surface area contributed by atoms with Gasteiger partial charge < -0.3 is 19.0 Å². The van der Waals surface area contributed by atoms with Crippen LogP contribution in [0.15, 0.2) is 14.4 Å². The maximum Gasteiger partial charge on any atom is 0.370 e. The van der Waals surface area contributed by atoms with E-state index in [9.17, 15) is 14.4 Å². The average Bonchev–Trinajstić information content (AvgIpc) is 3.31. The molecule has 114 valence electrons. The van der Waals surface area contributed by atoms with Crippen LogP contribution in [0.3, 0.4) is 0 Å². The lowest BCUT2D eigenvalue weighted by Gasteiger charge is -2.12. The molecule has 0 N–H and O–H groups in total. The van der Waals surface area contributed by atoms with E-state index in [1.165, 1.54) is 0 Å². The van der Waals surface area contributed by atoms with E-state index in [0.29, 0.717) is 24.6 Å². The lowest BCUT2D eigenvalue weighted by molar-refractivity contribution is 0.0125. The molecule has 0 amide bonds. The third-order valence-corrected chi connectivity index (χ3v) is 3.37. The molecule has 0 radical (unpaired) electrons. The predicted molar refractivity (Wildman–Crippen MR) is 65.0 cm³/mol. The highest BCUT2D eigenvalue weighted by Gasteiger charge is 2.32. The van der Waals surface area contributed by atoms with E-state index in [0.717, 1.165) is 9.13 Å². The van der Waals surface area contributed by atoms with E-state index in [4.69, 9.17) is 19.0 Å². The summed E-state index contributed by atoms with van der Waals surface area (Å²) in [6.45, 7) is 1.48. The topological polar surface area (TPSA) is 113 Å². The molecule has 1 aromatic heterocycles. The summed E-state index contributed by atoms with van der Waals surface area (Å²) in [7, 11) is 0. The minimum atomic E-state index is -0.816. The van der Waals surface area contributed by atoms with Gasteiger partial charge in [0.1, 0.15) is 6.61 Å². The molecule has 3 aliphatic rings. The van der Waals surface area contributed by atoms with E-state index in [1.807, 2.05) is 0 Å². The summed E-state index contributed by atoms with van der Waals surface area (Å²) in [6, 6.07) is 0. The lowest BCUT2D eigenvalue weighted by atomic mass is 10.4. The van der Waals surface area contributed by atoms with E-state index < -0.39 is 23.4 Å². The Morgan fingerprint density at radius 1 is 0.857 bits per heavy atom. The third kappa shape index (κ3) is 2.52. The van der Waals surface area contributed by atoms with Crippen LogP contribution < -0.4 is 21.9 Å². The second-order valence-corrected chi connectivity index (χ2v) is 5.14. The summed E-state index contributed by atoms with van der Waals surface area (Å²) in [5, 5.41) is 0. The van der Waals surface area contributed by atoms with Gasteiger partial charge in [-0.05, 0) is 0 Å². The molecule has 1 aromatic rings. The number of rotatable bonds is 6. The van der Waals surface area contributed by atoms with Crippen molar-refractivity contribution in [2.45, 2.75) is 31.6 Å². The highest BCUT2D eigenvalue weighted by Crippen LogP contribution is 2.11. The summed E-state index contributed by atoms with van der Waals surface area (Å²) in [4.78, 5) is 41.9. The summed E-state index contributed by atoms with van der Waals surface area (Å²) in [5.41, 5.74) is -2.31. The van der Waals surface area contributed by atoms with Crippen LogP contribution in [-0.4, -0.2) is 52.2 Å². The zero-order chi connectivity index (χ0) is 14.6. The van der Waals surface area contributed by atoms with Gasteiger partial charge in [-0.25, -0.2) is 23.5 Å². The smallest absolute Gasteiger partial charge is 0.370 e. The fourth-order valence-corrected chi connectivity index (χ4v) is 1.98. The first kappa shape index (κ1) is 12.8. The Labute approximate surface area is 117 Å². The molecule has 3 saturated heterocycles. The van der Waals surface area contributed by atoms with Crippen LogP contribution in [0, 0.1) is 0 Å². The number of ether oxygens (including phenoxy) is 3. The monoisotopic (exact) mass is 299 g/mol. The van der Waals surface area contributed by atoms with E-state index in [2.05, 4.69) is 0 Å². The number of nitrogens with zero attached hydrogens (tertiary/aromatic N) is 3. The Balaban J connectivity index is 1.81. The number of hydrogen-bond donors (Lipinski definition) is 0. The van der Waals surface area contributed by atoms with Crippen LogP contribution in [0.25, 0.3) is 0 Å². The fourth-order valence-electron chi connectivity index (χ4n) is 1.98. The molecule has 4 heterocycles. The van der Waals surface area contributed by atoms with Gasteiger partial charge >= 0.3 is 17.1 Å². The molecule has 3 unspecified atom stereocenters. The molecule has 4 rings (SSSR count). The van der Waals surface area contributed by atoms with Crippen molar-refractivity contribution < 1.29 is 19.0 Å². The van der Waals surface area contributed by atoms with Gasteiger partial charge in [0, 0.05) is 0 Å². The molecular formula is C11H13N3O7. The van der Waals surface area contributed by atoms with Gasteiger partial charge in [0.2, 0.25) is 6.29 Å². The Morgan fingerprint density at radius 3 is 1.71 bits per heavy atom. The molecule has 0 bridgehead atoms. The van der Waals surface area contributed by atoms with Crippen molar-refractivity contribution in [3.05, 3.63) is 31.5 Å². The maximum atomic E-state index is 12.3. The van der Waals surface area contributed by atoms with Crippen molar-refractivity contribution in [3.8, 4) is 0 Å². The summed E-state index contributed by atoms with van der Waals surface area (Å²) >= 11 is 0. The van der Waals surface area contributed by atoms with E-state index >= 15 is 0 Å². The van der Waals surface area contributed by atoms with Crippen LogP contribution in [0.1, 0.15) is 0 Å². The molecule has 10 nitrogen and oxygen atoms in total. The van der Waals surface area contributed by atoms with Crippen LogP contribution in [-0.2, 0) is 27.3 Å². The van der Waals surface area contributed by atoms with E-state index in [-0.39, 0.29) is 25.3 Å². The zero-order valence-corrected chi connectivity index (χ0v) is 11.0. The third-order valence-electron chi connectivity index (χ3n) is 3.37. The quantitative estimate of drug-likeness (QED) is 0.507. The van der Waals surface area contributed by atoms with Gasteiger partial charge in [-0.2, -0.15) is 0 Å². The number of hydrogen-bond acceptors (Lipinski definition) is 7. The average molecular weight is 299 g/mol. The van der Waals surface area contributed by atoms with E-state index in [1.54, 1.807) is 0 Å². The molecule has 10 heteroatoms. The van der Waals surface area contributed by atoms with Gasteiger partial charge in [-0.15, -0.1) is 0 Å². The molecule has 0 spiro atoms. The van der Waals surface area contributed by atoms with Crippen molar-refractivity contribution in [3.63, 3.8) is 0 Å². The summed E-state index contributed by atoms with van der Waals surface area (Å²) < 4.78 is 17.4. The fraction of sp³-hybridized carbons (Fsp3) is 0.727. The first-order valence-corrected chi connectivity index (χ1v) is 6.62. The number of epoxide rings is 3. The Bertz CT molecular complexity index is 605. The SMILES string of the molecule is O=c1n(CC2CO2)c(=O)n(OC2CO2)c(=O)n1CC1CO1. The van der Waals surface area contributed by atoms with Crippen LogP contribution in [0.5, 0.6) is 0 Å². The Hall–Kier alpha value is -1.91. The largest absolute Gasteiger partial charge is 0.371 e. The van der Waals surface area contributed by atoms with Gasteiger partial charge in [0.05, 0.1) is 38.5 Å². The van der Waals surface area contributed by atoms with Crippen LogP contribution in [0.2, 0.25) is 0 Å². The van der Waals surface area contributed by atoms with Gasteiger partial charge in [-0.3, -0.25) is 0 Å². The summed E-state index contributed by atoms with van der Waals surface area (Å²) in [5.74, 6) is 0. The standard InChI is InChI=1S/C11H13N3O7/c15-9-12(1-6-3-18-6)10(16)14(21-8-5-20-8)11(17)13(9)2-7-4-19-7/h6-8H,1-5H2. The van der Waals surface area contributed by atoms with Crippen molar-refractivity contribution in [1.29, 1.82) is 0 Å². The molecule has 0 saturated carbocycles. The molecular weight excluding hydrogens is 286 g/mol. The molecule has 0 aliphatic carbocycles. The highest BCUT2D eigenvalue weighted by molar-refractivity contribution is 4.83. The molecule has 3 aliphatic heterocycles. The molecule has 3 fully saturated rings. The first-order valence-electron chi connectivity index (χ1n) is 6.62. The first-order chi connectivity index (χ1) is 10.1. The van der Waals surface area contributed by atoms with Crippen molar-refractivity contribution in [1.82, 2.24) is 13.9 Å². The van der Waals surface area contributed by atoms with Crippen molar-refractivity contribution in [2.24, 2.45) is 0 Å². The Kier molecular flexibility index (Phi) is 2.77. The zero-order valence-electron chi connectivity index (χ0n) is 11.0. The maximum absolute atomic E-state index is 12.3. The minimum Gasteiger partial charge on any atom is -0.371 e. The minimum absolute atomic E-state index is 0.0956. The molecule has 3 atom stereocenters. The Morgan fingerprint density at radius 2 is 1.33 bits per heavy atom. The van der Waals surface area contributed by atoms with Crippen molar-refractivity contribution in [2.75, 3.05) is 19.8 Å². The molecule has 0 aromatic carbocycles. The second-order valence-electron chi connectivity index (χ2n) is 5.14. The predicted octanol–water partition coefficient (Wildman–Crippen LogP) is -3.25. The number of aromatic nitrogens is 3. The van der Waals surface area contributed by atoms with Crippen LogP contribution >= 0.6 is 0 Å². The van der Waals surface area contributed by atoms with Gasteiger partial charge in [0.25, 0.3) is 0 Å². The second kappa shape index (κ2) is 4.55. The highest BCUT2D eigenvalue weighted by atomic mass is 16.8. The van der Waals surface area contributed by atoms with Crippen molar-refractivity contribution >= 4 is 0 Å². The van der Waals surface area contributed by atoms with Gasteiger partial charge in [0.15, 0.2) is 0 Å². The summed E-state index contributed by atoms with van der Waals surface area (Å²) in [6.07, 6.45) is -0.975. The normalized spacial score (nSPS) is 29.2. The van der Waals surface area contributed by atoms with Crippen LogP contribution in [0.4, 0.5) is 0 Å². The molecule has 21 heavy (non-hydrogen) atoms. The van der Waals surface area contributed by atoms with Gasteiger partial charge in [-0.1, -0.05) is 4.73 Å².